The molecule has 96 valence electrons. The Morgan fingerprint density at radius 3 is 2.65 bits per heavy atom. The Balaban J connectivity index is 2.50. The topological polar surface area (TPSA) is 12.0 Å². The zero-order valence-electron chi connectivity index (χ0n) is 10.6. The van der Waals surface area contributed by atoms with Gasteiger partial charge in [0.25, 0.3) is 0 Å². The molecule has 17 heavy (non-hydrogen) atoms. The predicted molar refractivity (Wildman–Crippen MR) is 68.2 cm³/mol. The zero-order valence-corrected chi connectivity index (χ0v) is 10.6. The SMILES string of the molecule is CCCCC(CC)CNc1cc(F)ccc1F. The number of benzene rings is 1. The van der Waals surface area contributed by atoms with Crippen LogP contribution in [0.5, 0.6) is 0 Å². The van der Waals surface area contributed by atoms with E-state index in [0.717, 1.165) is 25.0 Å². The van der Waals surface area contributed by atoms with Crippen LogP contribution in [-0.2, 0) is 0 Å². The van der Waals surface area contributed by atoms with E-state index in [1.807, 2.05) is 0 Å². The summed E-state index contributed by atoms with van der Waals surface area (Å²) in [5, 5.41) is 3.00. The van der Waals surface area contributed by atoms with E-state index < -0.39 is 11.6 Å². The lowest BCUT2D eigenvalue weighted by atomic mass is 9.99. The monoisotopic (exact) mass is 241 g/mol. The summed E-state index contributed by atoms with van der Waals surface area (Å²) in [6.07, 6.45) is 4.55. The number of nitrogens with one attached hydrogen (secondary N) is 1. The molecule has 0 spiro atoms. The maximum Gasteiger partial charge on any atom is 0.146 e. The number of hydrogen-bond acceptors (Lipinski definition) is 1. The van der Waals surface area contributed by atoms with Crippen LogP contribution in [0.3, 0.4) is 0 Å². The van der Waals surface area contributed by atoms with Gasteiger partial charge in [-0.25, -0.2) is 8.78 Å². The van der Waals surface area contributed by atoms with E-state index in [1.165, 1.54) is 18.9 Å². The molecular weight excluding hydrogens is 220 g/mol. The second-order valence-electron chi connectivity index (χ2n) is 4.42. The molecule has 0 aliphatic heterocycles. The summed E-state index contributed by atoms with van der Waals surface area (Å²) in [5.41, 5.74) is 0.264. The Labute approximate surface area is 102 Å². The first-order valence-electron chi connectivity index (χ1n) is 6.36. The van der Waals surface area contributed by atoms with E-state index in [-0.39, 0.29) is 5.69 Å². The Morgan fingerprint density at radius 1 is 1.24 bits per heavy atom. The Kier molecular flexibility index (Phi) is 5.95. The van der Waals surface area contributed by atoms with E-state index >= 15 is 0 Å². The van der Waals surface area contributed by atoms with Gasteiger partial charge in [0, 0.05) is 6.54 Å². The van der Waals surface area contributed by atoms with E-state index in [1.54, 1.807) is 0 Å². The largest absolute Gasteiger partial charge is 0.382 e. The lowest BCUT2D eigenvalue weighted by Gasteiger charge is -2.16. The Hall–Kier alpha value is -1.12. The van der Waals surface area contributed by atoms with E-state index in [2.05, 4.69) is 19.2 Å². The molecule has 3 heteroatoms. The van der Waals surface area contributed by atoms with Crippen molar-refractivity contribution < 1.29 is 8.78 Å². The average Bonchev–Trinajstić information content (AvgIpc) is 2.33. The summed E-state index contributed by atoms with van der Waals surface area (Å²) >= 11 is 0. The van der Waals surface area contributed by atoms with Crippen LogP contribution >= 0.6 is 0 Å². The fraction of sp³-hybridized carbons (Fsp3) is 0.571. The quantitative estimate of drug-likeness (QED) is 0.736. The van der Waals surface area contributed by atoms with E-state index in [0.29, 0.717) is 12.5 Å². The van der Waals surface area contributed by atoms with Gasteiger partial charge in [0.2, 0.25) is 0 Å². The van der Waals surface area contributed by atoms with E-state index in [9.17, 15) is 8.78 Å². The molecule has 1 nitrogen and oxygen atoms in total. The normalized spacial score (nSPS) is 12.5. The molecule has 0 saturated heterocycles. The molecule has 1 aromatic rings. The van der Waals surface area contributed by atoms with Crippen LogP contribution < -0.4 is 5.32 Å². The van der Waals surface area contributed by atoms with Gasteiger partial charge in [-0.05, 0) is 30.5 Å². The highest BCUT2D eigenvalue weighted by molar-refractivity contribution is 5.44. The molecule has 1 aromatic carbocycles. The Bertz CT molecular complexity index is 339. The molecule has 0 radical (unpaired) electrons. The van der Waals surface area contributed by atoms with Crippen molar-refractivity contribution in [2.24, 2.45) is 5.92 Å². The highest BCUT2D eigenvalue weighted by atomic mass is 19.1. The lowest BCUT2D eigenvalue weighted by Crippen LogP contribution is -2.14. The van der Waals surface area contributed by atoms with Gasteiger partial charge in [0.15, 0.2) is 0 Å². The molecule has 0 bridgehead atoms. The Morgan fingerprint density at radius 2 is 2.00 bits per heavy atom. The maximum atomic E-state index is 13.3. The number of hydrogen-bond donors (Lipinski definition) is 1. The molecule has 1 unspecified atom stereocenters. The third kappa shape index (κ3) is 4.72. The summed E-state index contributed by atoms with van der Waals surface area (Å²) < 4.78 is 26.3. The van der Waals surface area contributed by atoms with Crippen molar-refractivity contribution >= 4 is 5.69 Å². The molecular formula is C14H21F2N. The summed E-state index contributed by atoms with van der Waals surface area (Å²) in [6, 6.07) is 3.50. The number of unbranched alkanes of at least 4 members (excludes halogenated alkanes) is 1. The van der Waals surface area contributed by atoms with Crippen LogP contribution in [0.15, 0.2) is 18.2 Å². The molecule has 0 amide bonds. The smallest absolute Gasteiger partial charge is 0.146 e. The van der Waals surface area contributed by atoms with Crippen molar-refractivity contribution in [1.29, 1.82) is 0 Å². The van der Waals surface area contributed by atoms with Crippen LogP contribution in [-0.4, -0.2) is 6.54 Å². The predicted octanol–water partition coefficient (Wildman–Crippen LogP) is 4.59. The molecule has 0 saturated carbocycles. The summed E-state index contributed by atoms with van der Waals surface area (Å²) in [6.45, 7) is 4.99. The molecule has 1 N–H and O–H groups in total. The molecule has 0 aromatic heterocycles. The van der Waals surface area contributed by atoms with Crippen molar-refractivity contribution in [2.45, 2.75) is 39.5 Å². The van der Waals surface area contributed by atoms with Crippen LogP contribution in [0.1, 0.15) is 39.5 Å². The van der Waals surface area contributed by atoms with Gasteiger partial charge >= 0.3 is 0 Å². The highest BCUT2D eigenvalue weighted by Crippen LogP contribution is 2.18. The first kappa shape index (κ1) is 13.9. The molecule has 0 aliphatic carbocycles. The second-order valence-corrected chi connectivity index (χ2v) is 4.42. The van der Waals surface area contributed by atoms with Crippen molar-refractivity contribution in [3.05, 3.63) is 29.8 Å². The highest BCUT2D eigenvalue weighted by Gasteiger charge is 2.08. The van der Waals surface area contributed by atoms with Gasteiger partial charge in [-0.1, -0.05) is 33.1 Å². The third-order valence-electron chi connectivity index (χ3n) is 3.05. The van der Waals surface area contributed by atoms with Crippen LogP contribution in [0.2, 0.25) is 0 Å². The minimum Gasteiger partial charge on any atom is -0.382 e. The molecule has 0 aliphatic rings. The maximum absolute atomic E-state index is 13.3. The van der Waals surface area contributed by atoms with Gasteiger partial charge in [0.05, 0.1) is 5.69 Å². The molecule has 0 fully saturated rings. The average molecular weight is 241 g/mol. The second kappa shape index (κ2) is 7.25. The number of anilines is 1. The van der Waals surface area contributed by atoms with Gasteiger partial charge in [0.1, 0.15) is 11.6 Å². The first-order chi connectivity index (χ1) is 8.17. The summed E-state index contributed by atoms with van der Waals surface area (Å²) in [7, 11) is 0. The first-order valence-corrected chi connectivity index (χ1v) is 6.36. The van der Waals surface area contributed by atoms with Gasteiger partial charge in [-0.2, -0.15) is 0 Å². The third-order valence-corrected chi connectivity index (χ3v) is 3.05. The van der Waals surface area contributed by atoms with Gasteiger partial charge < -0.3 is 5.32 Å². The summed E-state index contributed by atoms with van der Waals surface area (Å²) in [4.78, 5) is 0. The van der Waals surface area contributed by atoms with Crippen molar-refractivity contribution in [3.63, 3.8) is 0 Å². The van der Waals surface area contributed by atoms with Crippen LogP contribution in [0.4, 0.5) is 14.5 Å². The molecule has 1 rings (SSSR count). The molecule has 1 atom stereocenters. The van der Waals surface area contributed by atoms with Crippen molar-refractivity contribution in [2.75, 3.05) is 11.9 Å². The van der Waals surface area contributed by atoms with Crippen LogP contribution in [0, 0.1) is 17.6 Å². The van der Waals surface area contributed by atoms with Gasteiger partial charge in [-0.15, -0.1) is 0 Å². The molecule has 0 heterocycles. The number of halogens is 2. The van der Waals surface area contributed by atoms with Gasteiger partial charge in [-0.3, -0.25) is 0 Å². The number of rotatable bonds is 7. The fourth-order valence-corrected chi connectivity index (χ4v) is 1.83. The minimum absolute atomic E-state index is 0.264. The zero-order chi connectivity index (χ0) is 12.7. The summed E-state index contributed by atoms with van der Waals surface area (Å²) in [5.74, 6) is -0.273. The van der Waals surface area contributed by atoms with E-state index in [4.69, 9.17) is 0 Å². The van der Waals surface area contributed by atoms with Crippen LogP contribution in [0.25, 0.3) is 0 Å². The fourth-order valence-electron chi connectivity index (χ4n) is 1.83. The van der Waals surface area contributed by atoms with Crippen molar-refractivity contribution in [1.82, 2.24) is 0 Å². The minimum atomic E-state index is -0.407. The standard InChI is InChI=1S/C14H21F2N/c1-3-5-6-11(4-2)10-17-14-9-12(15)7-8-13(14)16/h7-9,11,17H,3-6,10H2,1-2H3. The lowest BCUT2D eigenvalue weighted by molar-refractivity contribution is 0.471. The van der Waals surface area contributed by atoms with Crippen molar-refractivity contribution in [3.8, 4) is 0 Å².